The third-order valence-electron chi connectivity index (χ3n) is 3.37. The van der Waals surface area contributed by atoms with Crippen LogP contribution in [0.4, 0.5) is 4.39 Å². The third-order valence-corrected chi connectivity index (χ3v) is 3.37. The minimum atomic E-state index is -0.492. The molecule has 1 rings (SSSR count). The molecule has 0 amide bonds. The molecule has 1 heteroatoms. The highest BCUT2D eigenvalue weighted by molar-refractivity contribution is 4.81. The molecule has 13 heavy (non-hydrogen) atoms. The van der Waals surface area contributed by atoms with E-state index in [0.717, 1.165) is 38.5 Å². The van der Waals surface area contributed by atoms with Gasteiger partial charge in [0.15, 0.2) is 0 Å². The summed E-state index contributed by atoms with van der Waals surface area (Å²) in [5.74, 6) is 0.769. The highest BCUT2D eigenvalue weighted by Gasteiger charge is 2.31. The normalized spacial score (nSPS) is 34.8. The molecule has 0 nitrogen and oxygen atoms in total. The van der Waals surface area contributed by atoms with Gasteiger partial charge >= 0.3 is 0 Å². The highest BCUT2D eigenvalue weighted by atomic mass is 19.1. The molecule has 2 unspecified atom stereocenters. The van der Waals surface area contributed by atoms with E-state index in [2.05, 4.69) is 13.8 Å². The van der Waals surface area contributed by atoms with Crippen LogP contribution in [0.5, 0.6) is 0 Å². The van der Waals surface area contributed by atoms with Crippen molar-refractivity contribution in [3.05, 3.63) is 0 Å². The average Bonchev–Trinajstić information content (AvgIpc) is 2.13. The first-order chi connectivity index (χ1) is 6.29. The van der Waals surface area contributed by atoms with Crippen molar-refractivity contribution in [2.45, 2.75) is 65.0 Å². The Balaban J connectivity index is 2.40. The minimum absolute atomic E-state index is 0.385. The van der Waals surface area contributed by atoms with E-state index in [9.17, 15) is 4.39 Å². The summed E-state index contributed by atoms with van der Waals surface area (Å²) in [6, 6.07) is 0. The summed E-state index contributed by atoms with van der Waals surface area (Å²) in [4.78, 5) is 0. The summed E-state index contributed by atoms with van der Waals surface area (Å²) in [5, 5.41) is 0. The number of hydrogen-bond acceptors (Lipinski definition) is 0. The maximum atomic E-state index is 13.9. The molecule has 0 N–H and O–H groups in total. The highest BCUT2D eigenvalue weighted by Crippen LogP contribution is 2.36. The Kier molecular flexibility index (Phi) is 4.76. The lowest BCUT2D eigenvalue weighted by Crippen LogP contribution is -2.29. The van der Waals surface area contributed by atoms with E-state index in [0.29, 0.717) is 11.8 Å². The Morgan fingerprint density at radius 1 is 1.00 bits per heavy atom. The monoisotopic (exact) mass is 186 g/mol. The molecule has 0 bridgehead atoms. The molecule has 0 heterocycles. The molecule has 2 atom stereocenters. The molecule has 0 aromatic rings. The Bertz CT molecular complexity index is 115. The first-order valence-corrected chi connectivity index (χ1v) is 5.93. The zero-order chi connectivity index (χ0) is 9.68. The molecule has 1 fully saturated rings. The second-order valence-corrected chi connectivity index (χ2v) is 4.47. The molecule has 0 aromatic carbocycles. The molecule has 0 aliphatic heterocycles. The number of halogens is 1. The van der Waals surface area contributed by atoms with Gasteiger partial charge in [0.25, 0.3) is 0 Å². The van der Waals surface area contributed by atoms with E-state index in [4.69, 9.17) is 0 Å². The van der Waals surface area contributed by atoms with Gasteiger partial charge in [-0.1, -0.05) is 33.1 Å². The van der Waals surface area contributed by atoms with Gasteiger partial charge in [-0.05, 0) is 37.5 Å². The lowest BCUT2D eigenvalue weighted by Gasteiger charge is -2.33. The van der Waals surface area contributed by atoms with Crippen LogP contribution in [0.3, 0.4) is 0 Å². The largest absolute Gasteiger partial charge is 0.247 e. The number of alkyl halides is 1. The van der Waals surface area contributed by atoms with E-state index in [1.807, 2.05) is 0 Å². The zero-order valence-corrected chi connectivity index (χ0v) is 9.06. The van der Waals surface area contributed by atoms with Crippen molar-refractivity contribution in [2.75, 3.05) is 0 Å². The predicted molar refractivity (Wildman–Crippen MR) is 55.5 cm³/mol. The summed E-state index contributed by atoms with van der Waals surface area (Å²) in [6.45, 7) is 4.33. The summed E-state index contributed by atoms with van der Waals surface area (Å²) in [6.07, 6.45) is 7.52. The van der Waals surface area contributed by atoms with Gasteiger partial charge in [0.05, 0.1) is 0 Å². The van der Waals surface area contributed by atoms with Crippen LogP contribution in [0.1, 0.15) is 58.8 Å². The number of rotatable bonds is 4. The van der Waals surface area contributed by atoms with Crippen LogP contribution in [-0.2, 0) is 0 Å². The summed E-state index contributed by atoms with van der Waals surface area (Å²) >= 11 is 0. The van der Waals surface area contributed by atoms with Gasteiger partial charge in [-0.25, -0.2) is 4.39 Å². The lowest BCUT2D eigenvalue weighted by molar-refractivity contribution is 0.0861. The van der Waals surface area contributed by atoms with Gasteiger partial charge < -0.3 is 0 Å². The van der Waals surface area contributed by atoms with E-state index < -0.39 is 6.17 Å². The van der Waals surface area contributed by atoms with Crippen molar-refractivity contribution in [3.8, 4) is 0 Å². The van der Waals surface area contributed by atoms with Crippen molar-refractivity contribution < 1.29 is 4.39 Å². The van der Waals surface area contributed by atoms with Crippen molar-refractivity contribution in [1.29, 1.82) is 0 Å². The summed E-state index contributed by atoms with van der Waals surface area (Å²) in [5.41, 5.74) is 0. The quantitative estimate of drug-likeness (QED) is 0.612. The Morgan fingerprint density at radius 2 is 1.46 bits per heavy atom. The molecular weight excluding hydrogens is 163 g/mol. The van der Waals surface area contributed by atoms with Gasteiger partial charge in [-0.3, -0.25) is 0 Å². The molecular formula is C12H23F. The fraction of sp³-hybridized carbons (Fsp3) is 1.00. The average molecular weight is 186 g/mol. The van der Waals surface area contributed by atoms with Gasteiger partial charge in [-0.2, -0.15) is 0 Å². The van der Waals surface area contributed by atoms with Crippen LogP contribution in [0.25, 0.3) is 0 Å². The van der Waals surface area contributed by atoms with Crippen LogP contribution < -0.4 is 0 Å². The molecule has 0 aromatic heterocycles. The van der Waals surface area contributed by atoms with Crippen LogP contribution in [0.15, 0.2) is 0 Å². The maximum Gasteiger partial charge on any atom is 0.106 e. The standard InChI is InChI=1S/C12H23F/c1-3-6-10-8-5-9-11(7-4-2)12(10)13/h10-12H,3-9H2,1-2H3. The fourth-order valence-corrected chi connectivity index (χ4v) is 2.69. The van der Waals surface area contributed by atoms with Crippen LogP contribution in [-0.4, -0.2) is 6.17 Å². The summed E-state index contributed by atoms with van der Waals surface area (Å²) in [7, 11) is 0. The second kappa shape index (κ2) is 5.62. The van der Waals surface area contributed by atoms with Crippen LogP contribution in [0, 0.1) is 11.8 Å². The van der Waals surface area contributed by atoms with E-state index >= 15 is 0 Å². The topological polar surface area (TPSA) is 0 Å². The third kappa shape index (κ3) is 2.96. The second-order valence-electron chi connectivity index (χ2n) is 4.47. The zero-order valence-electron chi connectivity index (χ0n) is 9.06. The van der Waals surface area contributed by atoms with E-state index in [1.54, 1.807) is 0 Å². The molecule has 0 spiro atoms. The Hall–Kier alpha value is -0.0700. The molecule has 0 saturated heterocycles. The Morgan fingerprint density at radius 3 is 1.85 bits per heavy atom. The maximum absolute atomic E-state index is 13.9. The van der Waals surface area contributed by atoms with Crippen LogP contribution in [0.2, 0.25) is 0 Å². The molecule has 1 saturated carbocycles. The van der Waals surface area contributed by atoms with Crippen molar-refractivity contribution in [3.63, 3.8) is 0 Å². The minimum Gasteiger partial charge on any atom is -0.247 e. The van der Waals surface area contributed by atoms with Crippen LogP contribution >= 0.6 is 0 Å². The van der Waals surface area contributed by atoms with Crippen molar-refractivity contribution in [1.82, 2.24) is 0 Å². The predicted octanol–water partition coefficient (Wildman–Crippen LogP) is 4.34. The molecule has 1 aliphatic rings. The molecule has 0 radical (unpaired) electrons. The van der Waals surface area contributed by atoms with Gasteiger partial charge in [0.1, 0.15) is 6.17 Å². The lowest BCUT2D eigenvalue weighted by atomic mass is 9.76. The first kappa shape index (κ1) is 11.0. The van der Waals surface area contributed by atoms with Gasteiger partial charge in [0.2, 0.25) is 0 Å². The summed E-state index contributed by atoms with van der Waals surface area (Å²) < 4.78 is 13.9. The van der Waals surface area contributed by atoms with E-state index in [1.165, 1.54) is 6.42 Å². The van der Waals surface area contributed by atoms with Gasteiger partial charge in [-0.15, -0.1) is 0 Å². The van der Waals surface area contributed by atoms with Crippen molar-refractivity contribution in [2.24, 2.45) is 11.8 Å². The first-order valence-electron chi connectivity index (χ1n) is 5.93. The van der Waals surface area contributed by atoms with Crippen molar-refractivity contribution >= 4 is 0 Å². The fourth-order valence-electron chi connectivity index (χ4n) is 2.69. The molecule has 78 valence electrons. The molecule has 1 aliphatic carbocycles. The smallest absolute Gasteiger partial charge is 0.106 e. The number of hydrogen-bond donors (Lipinski definition) is 0. The SMILES string of the molecule is CCCC1CCCC(CCC)C1F. The van der Waals surface area contributed by atoms with E-state index in [-0.39, 0.29) is 0 Å². The Labute approximate surface area is 81.9 Å². The van der Waals surface area contributed by atoms with Gasteiger partial charge in [0, 0.05) is 0 Å².